The van der Waals surface area contributed by atoms with E-state index in [0.717, 1.165) is 16.8 Å². The highest BCUT2D eigenvalue weighted by atomic mass is 16.5. The zero-order chi connectivity index (χ0) is 20.8. The van der Waals surface area contributed by atoms with Gasteiger partial charge in [0.2, 0.25) is 0 Å². The molecule has 0 amide bonds. The first kappa shape index (κ1) is 19.0. The summed E-state index contributed by atoms with van der Waals surface area (Å²) in [5, 5.41) is 0. The summed E-state index contributed by atoms with van der Waals surface area (Å²) in [4.78, 5) is 16.3. The Morgan fingerprint density at radius 3 is 2.00 bits per heavy atom. The summed E-state index contributed by atoms with van der Waals surface area (Å²) in [6, 6.07) is 21.8. The summed E-state index contributed by atoms with van der Waals surface area (Å²) in [5.41, 5.74) is 3.23. The molecule has 0 aliphatic carbocycles. The minimum atomic E-state index is -0.422. The predicted octanol–water partition coefficient (Wildman–Crippen LogP) is 4.50. The van der Waals surface area contributed by atoms with Crippen LogP contribution in [0.1, 0.15) is 21.5 Å². The Bertz CT molecular complexity index is 1180. The molecule has 0 atom stereocenters. The number of benzene rings is 3. The molecule has 1 heterocycles. The lowest BCUT2D eigenvalue weighted by Gasteiger charge is -2.05. The van der Waals surface area contributed by atoms with Crippen molar-refractivity contribution in [3.05, 3.63) is 108 Å². The lowest BCUT2D eigenvalue weighted by molar-refractivity contribution is 0.0734. The fourth-order valence-electron chi connectivity index (χ4n) is 2.77. The highest BCUT2D eigenvalue weighted by molar-refractivity contribution is 5.91. The van der Waals surface area contributed by atoms with Crippen molar-refractivity contribution in [1.29, 1.82) is 0 Å². The second-order valence-electron chi connectivity index (χ2n) is 6.41. The van der Waals surface area contributed by atoms with Gasteiger partial charge < -0.3 is 14.0 Å². The maximum absolute atomic E-state index is 12.2. The van der Waals surface area contributed by atoms with Crippen LogP contribution in [0.25, 0.3) is 5.69 Å². The Hall–Kier alpha value is -4.30. The summed E-state index contributed by atoms with van der Waals surface area (Å²) in [5.74, 6) is 6.98. The van der Waals surface area contributed by atoms with Crippen molar-refractivity contribution in [3.63, 3.8) is 0 Å². The lowest BCUT2D eigenvalue weighted by Crippen LogP contribution is -2.08. The zero-order valence-corrected chi connectivity index (χ0v) is 16.3. The van der Waals surface area contributed by atoms with Crippen LogP contribution in [0.3, 0.4) is 0 Å². The van der Waals surface area contributed by atoms with E-state index in [2.05, 4.69) is 16.8 Å². The summed E-state index contributed by atoms with van der Waals surface area (Å²) in [6.45, 7) is 0. The van der Waals surface area contributed by atoms with Gasteiger partial charge in [-0.1, -0.05) is 11.8 Å². The van der Waals surface area contributed by atoms with Gasteiger partial charge >= 0.3 is 5.97 Å². The van der Waals surface area contributed by atoms with Crippen LogP contribution in [0.4, 0.5) is 0 Å². The molecule has 0 fully saturated rings. The van der Waals surface area contributed by atoms with E-state index in [4.69, 9.17) is 9.47 Å². The summed E-state index contributed by atoms with van der Waals surface area (Å²) < 4.78 is 12.4. The zero-order valence-electron chi connectivity index (χ0n) is 16.3. The Morgan fingerprint density at radius 1 is 0.833 bits per heavy atom. The van der Waals surface area contributed by atoms with Gasteiger partial charge in [0.15, 0.2) is 0 Å². The van der Waals surface area contributed by atoms with Crippen molar-refractivity contribution in [2.45, 2.75) is 0 Å². The molecule has 3 aromatic carbocycles. The molecular weight excluding hydrogens is 376 g/mol. The van der Waals surface area contributed by atoms with Gasteiger partial charge in [-0.15, -0.1) is 0 Å². The number of carbonyl (C=O) groups excluding carboxylic acids is 1. The molecule has 5 nitrogen and oxygen atoms in total. The molecule has 0 unspecified atom stereocenters. The highest BCUT2D eigenvalue weighted by Crippen LogP contribution is 2.16. The van der Waals surface area contributed by atoms with E-state index in [9.17, 15) is 4.79 Å². The quantitative estimate of drug-likeness (QED) is 0.291. The molecule has 1 aromatic heterocycles. The first-order valence-electron chi connectivity index (χ1n) is 9.28. The van der Waals surface area contributed by atoms with E-state index in [0.29, 0.717) is 17.1 Å². The average molecular weight is 394 g/mol. The number of hydrogen-bond donors (Lipinski definition) is 0. The van der Waals surface area contributed by atoms with Crippen LogP contribution in [-0.2, 0) is 0 Å². The SMILES string of the molecule is COc1ccc(C(=O)Oc2ccc(C#Cc3ccc(-n4ccnc4)cc3)cc2)cc1. The lowest BCUT2D eigenvalue weighted by atomic mass is 10.1. The van der Waals surface area contributed by atoms with Crippen LogP contribution < -0.4 is 9.47 Å². The van der Waals surface area contributed by atoms with Gasteiger partial charge in [0, 0.05) is 29.2 Å². The van der Waals surface area contributed by atoms with Gasteiger partial charge in [0.25, 0.3) is 0 Å². The molecule has 0 radical (unpaired) electrons. The van der Waals surface area contributed by atoms with E-state index < -0.39 is 5.97 Å². The number of hydrogen-bond acceptors (Lipinski definition) is 4. The number of esters is 1. The summed E-state index contributed by atoms with van der Waals surface area (Å²) >= 11 is 0. The van der Waals surface area contributed by atoms with Crippen molar-refractivity contribution >= 4 is 5.97 Å². The Morgan fingerprint density at radius 2 is 1.43 bits per heavy atom. The van der Waals surface area contributed by atoms with Gasteiger partial charge in [-0.05, 0) is 72.8 Å². The van der Waals surface area contributed by atoms with E-state index >= 15 is 0 Å². The second-order valence-corrected chi connectivity index (χ2v) is 6.41. The number of ether oxygens (including phenoxy) is 2. The number of nitrogens with zero attached hydrogens (tertiary/aromatic N) is 2. The summed E-state index contributed by atoms with van der Waals surface area (Å²) in [6.07, 6.45) is 5.39. The van der Waals surface area contributed by atoms with E-state index in [1.807, 2.05) is 47.2 Å². The predicted molar refractivity (Wildman–Crippen MR) is 114 cm³/mol. The fraction of sp³-hybridized carbons (Fsp3) is 0.0400. The second kappa shape index (κ2) is 8.80. The van der Waals surface area contributed by atoms with Crippen LogP contribution >= 0.6 is 0 Å². The van der Waals surface area contributed by atoms with E-state index in [1.54, 1.807) is 56.0 Å². The van der Waals surface area contributed by atoms with Crippen LogP contribution in [-0.4, -0.2) is 22.6 Å². The molecule has 0 aliphatic rings. The molecule has 4 rings (SSSR count). The molecule has 0 N–H and O–H groups in total. The summed E-state index contributed by atoms with van der Waals surface area (Å²) in [7, 11) is 1.58. The molecule has 0 bridgehead atoms. The number of imidazole rings is 1. The first-order chi connectivity index (χ1) is 14.7. The fourth-order valence-corrected chi connectivity index (χ4v) is 2.77. The van der Waals surface area contributed by atoms with Gasteiger partial charge in [0.05, 0.1) is 19.0 Å². The Kier molecular flexibility index (Phi) is 5.59. The number of rotatable bonds is 4. The first-order valence-corrected chi connectivity index (χ1v) is 9.28. The largest absolute Gasteiger partial charge is 0.497 e. The molecule has 0 saturated heterocycles. The highest BCUT2D eigenvalue weighted by Gasteiger charge is 2.08. The van der Waals surface area contributed by atoms with Crippen molar-refractivity contribution in [2.75, 3.05) is 7.11 Å². The maximum atomic E-state index is 12.2. The third-order valence-corrected chi connectivity index (χ3v) is 4.41. The molecular formula is C25H18N2O3. The number of carbonyl (C=O) groups is 1. The molecule has 5 heteroatoms. The van der Waals surface area contributed by atoms with Gasteiger partial charge in [-0.2, -0.15) is 0 Å². The Labute approximate surface area is 174 Å². The third kappa shape index (κ3) is 4.57. The maximum Gasteiger partial charge on any atom is 0.343 e. The molecule has 0 saturated carbocycles. The third-order valence-electron chi connectivity index (χ3n) is 4.41. The standard InChI is InChI=1S/C25H18N2O3/c1-29-23-14-8-21(9-15-23)25(28)30-24-12-6-20(7-13-24)3-2-19-4-10-22(11-5-19)27-17-16-26-18-27/h4-18H,1H3. The van der Waals surface area contributed by atoms with Crippen molar-refractivity contribution in [1.82, 2.24) is 9.55 Å². The Balaban J connectivity index is 1.39. The monoisotopic (exact) mass is 394 g/mol. The number of aromatic nitrogens is 2. The van der Waals surface area contributed by atoms with Gasteiger partial charge in [-0.3, -0.25) is 0 Å². The minimum Gasteiger partial charge on any atom is -0.497 e. The molecule has 0 spiro atoms. The van der Waals surface area contributed by atoms with Crippen LogP contribution in [0.2, 0.25) is 0 Å². The van der Waals surface area contributed by atoms with Crippen molar-refractivity contribution < 1.29 is 14.3 Å². The van der Waals surface area contributed by atoms with E-state index in [1.165, 1.54) is 0 Å². The van der Waals surface area contributed by atoms with Crippen molar-refractivity contribution in [2.24, 2.45) is 0 Å². The molecule has 4 aromatic rings. The van der Waals surface area contributed by atoms with Crippen molar-refractivity contribution in [3.8, 4) is 29.0 Å². The molecule has 30 heavy (non-hydrogen) atoms. The number of methoxy groups -OCH3 is 1. The minimum absolute atomic E-state index is 0.422. The topological polar surface area (TPSA) is 53.4 Å². The smallest absolute Gasteiger partial charge is 0.343 e. The molecule has 0 aliphatic heterocycles. The molecule has 146 valence electrons. The van der Waals surface area contributed by atoms with Gasteiger partial charge in [-0.25, -0.2) is 9.78 Å². The normalized spacial score (nSPS) is 10.0. The van der Waals surface area contributed by atoms with Crippen LogP contribution in [0.15, 0.2) is 91.5 Å². The van der Waals surface area contributed by atoms with Crippen LogP contribution in [0.5, 0.6) is 11.5 Å². The van der Waals surface area contributed by atoms with E-state index in [-0.39, 0.29) is 0 Å². The van der Waals surface area contributed by atoms with Crippen LogP contribution in [0, 0.1) is 11.8 Å². The van der Waals surface area contributed by atoms with Gasteiger partial charge in [0.1, 0.15) is 11.5 Å². The average Bonchev–Trinajstić information content (AvgIpc) is 3.34.